The highest BCUT2D eigenvalue weighted by atomic mass is 14.9. The van der Waals surface area contributed by atoms with Gasteiger partial charge in [-0.15, -0.1) is 0 Å². The molecule has 1 rings (SSSR count). The van der Waals surface area contributed by atoms with Gasteiger partial charge in [-0.2, -0.15) is 0 Å². The molecule has 16 heavy (non-hydrogen) atoms. The van der Waals surface area contributed by atoms with Crippen LogP contribution in [0.3, 0.4) is 0 Å². The summed E-state index contributed by atoms with van der Waals surface area (Å²) in [6.07, 6.45) is 2.52. The average molecular weight is 220 g/mol. The average Bonchev–Trinajstić information content (AvgIpc) is 2.35. The molecule has 3 N–H and O–H groups in total. The van der Waals surface area contributed by atoms with E-state index in [2.05, 4.69) is 43.4 Å². The normalized spacial score (nSPS) is 11.0. The molecule has 0 aliphatic rings. The first-order valence-electron chi connectivity index (χ1n) is 6.28. The maximum absolute atomic E-state index is 5.56. The van der Waals surface area contributed by atoms with Crippen molar-refractivity contribution in [2.45, 2.75) is 39.8 Å². The molecule has 90 valence electrons. The highest BCUT2D eigenvalue weighted by molar-refractivity contribution is 5.22. The van der Waals surface area contributed by atoms with Gasteiger partial charge in [0.2, 0.25) is 0 Å². The van der Waals surface area contributed by atoms with Crippen molar-refractivity contribution in [3.8, 4) is 0 Å². The zero-order valence-electron chi connectivity index (χ0n) is 10.5. The molecule has 2 nitrogen and oxygen atoms in total. The van der Waals surface area contributed by atoms with Gasteiger partial charge in [0.1, 0.15) is 0 Å². The zero-order valence-corrected chi connectivity index (χ0v) is 10.5. The van der Waals surface area contributed by atoms with E-state index in [9.17, 15) is 0 Å². The van der Waals surface area contributed by atoms with Gasteiger partial charge in [-0.25, -0.2) is 0 Å². The fraction of sp³-hybridized carbons (Fsp3) is 0.571. The lowest BCUT2D eigenvalue weighted by molar-refractivity contribution is 0.449. The van der Waals surface area contributed by atoms with Gasteiger partial charge < -0.3 is 11.1 Å². The molecule has 1 aromatic rings. The molecule has 0 aromatic heterocycles. The topological polar surface area (TPSA) is 38.0 Å². The fourth-order valence-corrected chi connectivity index (χ4v) is 1.79. The number of hydrogen-bond acceptors (Lipinski definition) is 2. The molecule has 0 heterocycles. The van der Waals surface area contributed by atoms with Crippen LogP contribution >= 0.6 is 0 Å². The second-order valence-corrected chi connectivity index (χ2v) is 4.33. The molecule has 2 heteroatoms. The lowest BCUT2D eigenvalue weighted by Gasteiger charge is -2.13. The molecule has 0 radical (unpaired) electrons. The van der Waals surface area contributed by atoms with Crippen LogP contribution in [0.4, 0.5) is 0 Å². The van der Waals surface area contributed by atoms with E-state index in [1.165, 1.54) is 24.0 Å². The molecule has 0 unspecified atom stereocenters. The first kappa shape index (κ1) is 13.2. The molecule has 0 aliphatic carbocycles. The molecular weight excluding hydrogens is 196 g/mol. The van der Waals surface area contributed by atoms with Crippen molar-refractivity contribution in [1.82, 2.24) is 5.32 Å². The molecular formula is C14H24N2. The SMILES string of the molecule is CCC(CC)CNCc1ccc(CN)cc1. The maximum Gasteiger partial charge on any atom is 0.0205 e. The Balaban J connectivity index is 2.31. The molecule has 0 spiro atoms. The Morgan fingerprint density at radius 2 is 1.62 bits per heavy atom. The monoisotopic (exact) mass is 220 g/mol. The lowest BCUT2D eigenvalue weighted by atomic mass is 10.0. The molecule has 0 saturated heterocycles. The summed E-state index contributed by atoms with van der Waals surface area (Å²) in [5.41, 5.74) is 8.09. The summed E-state index contributed by atoms with van der Waals surface area (Å²) in [7, 11) is 0. The van der Waals surface area contributed by atoms with E-state index in [4.69, 9.17) is 5.73 Å². The third-order valence-electron chi connectivity index (χ3n) is 3.18. The molecule has 0 amide bonds. The van der Waals surface area contributed by atoms with Crippen molar-refractivity contribution in [3.05, 3.63) is 35.4 Å². The number of benzene rings is 1. The zero-order chi connectivity index (χ0) is 11.8. The van der Waals surface area contributed by atoms with Crippen LogP contribution in [0.15, 0.2) is 24.3 Å². The maximum atomic E-state index is 5.56. The van der Waals surface area contributed by atoms with Crippen molar-refractivity contribution in [2.75, 3.05) is 6.54 Å². The van der Waals surface area contributed by atoms with Crippen LogP contribution in [0, 0.1) is 5.92 Å². The van der Waals surface area contributed by atoms with E-state index in [-0.39, 0.29) is 0 Å². The van der Waals surface area contributed by atoms with Crippen molar-refractivity contribution in [2.24, 2.45) is 11.7 Å². The quantitative estimate of drug-likeness (QED) is 0.741. The third kappa shape index (κ3) is 4.33. The van der Waals surface area contributed by atoms with Crippen LogP contribution in [0.5, 0.6) is 0 Å². The standard InChI is InChI=1S/C14H24N2/c1-3-12(4-2)10-16-11-14-7-5-13(9-15)6-8-14/h5-8,12,16H,3-4,9-11,15H2,1-2H3. The second-order valence-electron chi connectivity index (χ2n) is 4.33. The van der Waals surface area contributed by atoms with E-state index in [0.717, 1.165) is 19.0 Å². The summed E-state index contributed by atoms with van der Waals surface area (Å²) in [5, 5.41) is 3.51. The van der Waals surface area contributed by atoms with Gasteiger partial charge >= 0.3 is 0 Å². The minimum atomic E-state index is 0.626. The summed E-state index contributed by atoms with van der Waals surface area (Å²) < 4.78 is 0. The minimum absolute atomic E-state index is 0.626. The fourth-order valence-electron chi connectivity index (χ4n) is 1.79. The summed E-state index contributed by atoms with van der Waals surface area (Å²) in [6, 6.07) is 8.52. The number of nitrogens with two attached hydrogens (primary N) is 1. The molecule has 0 bridgehead atoms. The predicted molar refractivity (Wildman–Crippen MR) is 70.1 cm³/mol. The van der Waals surface area contributed by atoms with Crippen LogP contribution in [-0.2, 0) is 13.1 Å². The molecule has 0 aliphatic heterocycles. The Morgan fingerprint density at radius 1 is 1.06 bits per heavy atom. The van der Waals surface area contributed by atoms with E-state index in [0.29, 0.717) is 6.54 Å². The number of hydrogen-bond donors (Lipinski definition) is 2. The molecule has 0 saturated carbocycles. The van der Waals surface area contributed by atoms with Crippen molar-refractivity contribution in [1.29, 1.82) is 0 Å². The Hall–Kier alpha value is -0.860. The number of nitrogens with one attached hydrogen (secondary N) is 1. The van der Waals surface area contributed by atoms with Crippen LogP contribution in [0.1, 0.15) is 37.8 Å². The van der Waals surface area contributed by atoms with Crippen LogP contribution in [0.25, 0.3) is 0 Å². The Kier molecular flexibility index (Phi) is 6.12. The van der Waals surface area contributed by atoms with Crippen LogP contribution in [0.2, 0.25) is 0 Å². The highest BCUT2D eigenvalue weighted by Crippen LogP contribution is 2.07. The van der Waals surface area contributed by atoms with Crippen LogP contribution in [-0.4, -0.2) is 6.54 Å². The van der Waals surface area contributed by atoms with Gasteiger partial charge in [0.05, 0.1) is 0 Å². The van der Waals surface area contributed by atoms with Gasteiger partial charge in [0.25, 0.3) is 0 Å². The van der Waals surface area contributed by atoms with Crippen molar-refractivity contribution in [3.63, 3.8) is 0 Å². The first-order chi connectivity index (χ1) is 7.80. The second kappa shape index (κ2) is 7.42. The van der Waals surface area contributed by atoms with Gasteiger partial charge in [-0.05, 0) is 23.6 Å². The summed E-state index contributed by atoms with van der Waals surface area (Å²) in [4.78, 5) is 0. The Bertz CT molecular complexity index is 275. The van der Waals surface area contributed by atoms with E-state index in [1.54, 1.807) is 0 Å². The van der Waals surface area contributed by atoms with E-state index in [1.807, 2.05) is 0 Å². The molecule has 0 fully saturated rings. The molecule has 1 aromatic carbocycles. The van der Waals surface area contributed by atoms with Gasteiger partial charge in [0, 0.05) is 13.1 Å². The first-order valence-corrected chi connectivity index (χ1v) is 6.28. The summed E-state index contributed by atoms with van der Waals surface area (Å²) in [5.74, 6) is 0.809. The summed E-state index contributed by atoms with van der Waals surface area (Å²) in [6.45, 7) is 7.21. The lowest BCUT2D eigenvalue weighted by Crippen LogP contribution is -2.21. The van der Waals surface area contributed by atoms with Crippen molar-refractivity contribution >= 4 is 0 Å². The summed E-state index contributed by atoms with van der Waals surface area (Å²) >= 11 is 0. The molecule has 0 atom stereocenters. The number of rotatable bonds is 7. The van der Waals surface area contributed by atoms with Crippen molar-refractivity contribution < 1.29 is 0 Å². The van der Waals surface area contributed by atoms with Gasteiger partial charge in [-0.3, -0.25) is 0 Å². The Morgan fingerprint density at radius 3 is 2.12 bits per heavy atom. The largest absolute Gasteiger partial charge is 0.326 e. The van der Waals surface area contributed by atoms with E-state index < -0.39 is 0 Å². The third-order valence-corrected chi connectivity index (χ3v) is 3.18. The van der Waals surface area contributed by atoms with E-state index >= 15 is 0 Å². The highest BCUT2D eigenvalue weighted by Gasteiger charge is 2.02. The predicted octanol–water partition coefficient (Wildman–Crippen LogP) is 2.67. The van der Waals surface area contributed by atoms with Gasteiger partial charge in [-0.1, -0.05) is 51.0 Å². The smallest absolute Gasteiger partial charge is 0.0205 e. The van der Waals surface area contributed by atoms with Gasteiger partial charge in [0.15, 0.2) is 0 Å². The Labute approximate surface area is 99.2 Å². The minimum Gasteiger partial charge on any atom is -0.326 e. The van der Waals surface area contributed by atoms with Crippen LogP contribution < -0.4 is 11.1 Å².